The predicted molar refractivity (Wildman–Crippen MR) is 82.0 cm³/mol. The highest BCUT2D eigenvalue weighted by atomic mass is 35.5. The average molecular weight is 328 g/mol. The third kappa shape index (κ3) is 3.60. The van der Waals surface area contributed by atoms with Crippen molar-refractivity contribution in [2.75, 3.05) is 0 Å². The standard InChI is InChI=1S/C15H15ClFNO2S/c1-15(2,3)13-12(14(19)20)21-11(18-13)6-8-4-5-9(17)7-10(8)16/h4-5,7H,6H2,1-3H3,(H,19,20). The number of hydrogen-bond acceptors (Lipinski definition) is 3. The molecule has 0 aliphatic heterocycles. The molecule has 1 N–H and O–H groups in total. The molecule has 1 heterocycles. The molecule has 0 radical (unpaired) electrons. The van der Waals surface area contributed by atoms with Crippen molar-refractivity contribution in [2.45, 2.75) is 32.6 Å². The molecule has 2 rings (SSSR count). The molecule has 0 aliphatic rings. The summed E-state index contributed by atoms with van der Waals surface area (Å²) in [6, 6.07) is 4.17. The number of halogens is 2. The first-order chi connectivity index (χ1) is 9.68. The third-order valence-electron chi connectivity index (χ3n) is 2.93. The highest BCUT2D eigenvalue weighted by molar-refractivity contribution is 7.13. The van der Waals surface area contributed by atoms with E-state index < -0.39 is 11.8 Å². The molecule has 0 amide bonds. The normalized spacial score (nSPS) is 11.7. The second-order valence-electron chi connectivity index (χ2n) is 5.75. The summed E-state index contributed by atoms with van der Waals surface area (Å²) in [6.45, 7) is 5.76. The first-order valence-corrected chi connectivity index (χ1v) is 7.55. The summed E-state index contributed by atoms with van der Waals surface area (Å²) in [5.41, 5.74) is 0.937. The molecule has 0 spiro atoms. The van der Waals surface area contributed by atoms with Crippen molar-refractivity contribution >= 4 is 28.9 Å². The summed E-state index contributed by atoms with van der Waals surface area (Å²) in [5, 5.41) is 10.3. The van der Waals surface area contributed by atoms with Crippen molar-refractivity contribution < 1.29 is 14.3 Å². The fraction of sp³-hybridized carbons (Fsp3) is 0.333. The Labute approximate surface area is 131 Å². The summed E-state index contributed by atoms with van der Waals surface area (Å²) in [5.74, 6) is -1.38. The number of carboxylic acids is 1. The van der Waals surface area contributed by atoms with E-state index in [-0.39, 0.29) is 10.3 Å². The van der Waals surface area contributed by atoms with Crippen LogP contribution in [0.2, 0.25) is 5.02 Å². The van der Waals surface area contributed by atoms with E-state index in [4.69, 9.17) is 11.6 Å². The van der Waals surface area contributed by atoms with Crippen molar-refractivity contribution in [1.29, 1.82) is 0 Å². The summed E-state index contributed by atoms with van der Waals surface area (Å²) in [6.07, 6.45) is 0.389. The van der Waals surface area contributed by atoms with Gasteiger partial charge in [-0.3, -0.25) is 0 Å². The van der Waals surface area contributed by atoms with Crippen molar-refractivity contribution in [2.24, 2.45) is 0 Å². The second-order valence-corrected chi connectivity index (χ2v) is 7.24. The van der Waals surface area contributed by atoms with Crippen molar-refractivity contribution in [3.05, 3.63) is 50.2 Å². The van der Waals surface area contributed by atoms with Crippen LogP contribution in [0.4, 0.5) is 4.39 Å². The fourth-order valence-electron chi connectivity index (χ4n) is 1.92. The molecule has 0 fully saturated rings. The topological polar surface area (TPSA) is 50.2 Å². The molecule has 0 aliphatic carbocycles. The average Bonchev–Trinajstić information content (AvgIpc) is 2.77. The lowest BCUT2D eigenvalue weighted by Crippen LogP contribution is -2.16. The SMILES string of the molecule is CC(C)(C)c1nc(Cc2ccc(F)cc2Cl)sc1C(=O)O. The van der Waals surface area contributed by atoms with E-state index in [1.807, 2.05) is 20.8 Å². The van der Waals surface area contributed by atoms with Gasteiger partial charge in [0.1, 0.15) is 10.7 Å². The minimum Gasteiger partial charge on any atom is -0.477 e. The molecule has 1 aromatic carbocycles. The number of aromatic nitrogens is 1. The van der Waals surface area contributed by atoms with Crippen molar-refractivity contribution in [3.8, 4) is 0 Å². The zero-order chi connectivity index (χ0) is 15.8. The number of rotatable bonds is 3. The van der Waals surface area contributed by atoms with E-state index in [2.05, 4.69) is 4.98 Å². The summed E-state index contributed by atoms with van der Waals surface area (Å²) >= 11 is 7.14. The van der Waals surface area contributed by atoms with Gasteiger partial charge >= 0.3 is 5.97 Å². The Balaban J connectivity index is 2.39. The monoisotopic (exact) mass is 327 g/mol. The van der Waals surface area contributed by atoms with Crippen molar-refractivity contribution in [1.82, 2.24) is 4.98 Å². The Morgan fingerprint density at radius 1 is 1.43 bits per heavy atom. The van der Waals surface area contributed by atoms with E-state index in [1.54, 1.807) is 6.07 Å². The van der Waals surface area contributed by atoms with E-state index in [0.717, 1.165) is 16.9 Å². The molecule has 0 saturated heterocycles. The van der Waals surface area contributed by atoms with Crippen LogP contribution in [0.3, 0.4) is 0 Å². The van der Waals surface area contributed by atoms with Gasteiger partial charge < -0.3 is 5.11 Å². The van der Waals surface area contributed by atoms with Gasteiger partial charge in [-0.2, -0.15) is 0 Å². The third-order valence-corrected chi connectivity index (χ3v) is 4.33. The number of aromatic carboxylic acids is 1. The molecule has 0 unspecified atom stereocenters. The maximum atomic E-state index is 13.0. The van der Waals surface area contributed by atoms with Crippen LogP contribution >= 0.6 is 22.9 Å². The van der Waals surface area contributed by atoms with Crippen LogP contribution < -0.4 is 0 Å². The molecule has 0 atom stereocenters. The van der Waals surface area contributed by atoms with Gasteiger partial charge in [-0.25, -0.2) is 14.2 Å². The summed E-state index contributed by atoms with van der Waals surface area (Å²) < 4.78 is 13.0. The van der Waals surface area contributed by atoms with E-state index in [1.165, 1.54) is 12.1 Å². The molecular weight excluding hydrogens is 313 g/mol. The number of carboxylic acid groups (broad SMARTS) is 1. The lowest BCUT2D eigenvalue weighted by atomic mass is 9.91. The zero-order valence-electron chi connectivity index (χ0n) is 11.9. The van der Waals surface area contributed by atoms with Crippen LogP contribution in [0.1, 0.15) is 46.7 Å². The minimum atomic E-state index is -0.978. The summed E-state index contributed by atoms with van der Waals surface area (Å²) in [4.78, 5) is 16.0. The lowest BCUT2D eigenvalue weighted by molar-refractivity contribution is 0.0699. The maximum Gasteiger partial charge on any atom is 0.347 e. The molecule has 112 valence electrons. The first-order valence-electron chi connectivity index (χ1n) is 6.36. The smallest absolute Gasteiger partial charge is 0.347 e. The molecule has 21 heavy (non-hydrogen) atoms. The number of thiazole rings is 1. The van der Waals surface area contributed by atoms with Crippen molar-refractivity contribution in [3.63, 3.8) is 0 Å². The van der Waals surface area contributed by atoms with Crippen LogP contribution in [-0.2, 0) is 11.8 Å². The van der Waals surface area contributed by atoms with Gasteiger partial charge in [-0.1, -0.05) is 38.4 Å². The number of nitrogens with zero attached hydrogens (tertiary/aromatic N) is 1. The molecule has 1 aromatic heterocycles. The Kier molecular flexibility index (Phi) is 4.35. The van der Waals surface area contributed by atoms with Gasteiger partial charge in [0.25, 0.3) is 0 Å². The number of benzene rings is 1. The van der Waals surface area contributed by atoms with E-state index in [9.17, 15) is 14.3 Å². The highest BCUT2D eigenvalue weighted by Crippen LogP contribution is 2.31. The fourth-order valence-corrected chi connectivity index (χ4v) is 3.29. The first kappa shape index (κ1) is 15.9. The Bertz CT molecular complexity index is 691. The predicted octanol–water partition coefficient (Wildman–Crippen LogP) is 4.52. The lowest BCUT2D eigenvalue weighted by Gasteiger charge is -2.16. The maximum absolute atomic E-state index is 13.0. The van der Waals surface area contributed by atoms with Crippen LogP contribution in [-0.4, -0.2) is 16.1 Å². The zero-order valence-corrected chi connectivity index (χ0v) is 13.5. The Morgan fingerprint density at radius 3 is 2.57 bits per heavy atom. The number of carbonyl (C=O) groups is 1. The molecule has 0 saturated carbocycles. The van der Waals surface area contributed by atoms with E-state index >= 15 is 0 Å². The summed E-state index contributed by atoms with van der Waals surface area (Å²) in [7, 11) is 0. The molecule has 0 bridgehead atoms. The van der Waals surface area contributed by atoms with Gasteiger partial charge in [0, 0.05) is 16.9 Å². The van der Waals surface area contributed by atoms with Crippen LogP contribution in [0.25, 0.3) is 0 Å². The van der Waals surface area contributed by atoms with Gasteiger partial charge in [0.2, 0.25) is 0 Å². The highest BCUT2D eigenvalue weighted by Gasteiger charge is 2.27. The van der Waals surface area contributed by atoms with Crippen LogP contribution in [0.5, 0.6) is 0 Å². The number of hydrogen-bond donors (Lipinski definition) is 1. The van der Waals surface area contributed by atoms with Gasteiger partial charge in [0.15, 0.2) is 0 Å². The quantitative estimate of drug-likeness (QED) is 0.901. The molecule has 6 heteroatoms. The largest absolute Gasteiger partial charge is 0.477 e. The Morgan fingerprint density at radius 2 is 2.10 bits per heavy atom. The molecular formula is C15H15ClFNO2S. The van der Waals surface area contributed by atoms with E-state index in [0.29, 0.717) is 22.1 Å². The van der Waals surface area contributed by atoms with Gasteiger partial charge in [0.05, 0.1) is 10.7 Å². The van der Waals surface area contributed by atoms with Crippen LogP contribution in [0.15, 0.2) is 18.2 Å². The van der Waals surface area contributed by atoms with Gasteiger partial charge in [-0.05, 0) is 17.7 Å². The minimum absolute atomic E-state index is 0.246. The van der Waals surface area contributed by atoms with Gasteiger partial charge in [-0.15, -0.1) is 11.3 Å². The molecule has 2 aromatic rings. The second kappa shape index (κ2) is 5.73. The molecule has 3 nitrogen and oxygen atoms in total. The Hall–Kier alpha value is -1.46. The van der Waals surface area contributed by atoms with Crippen LogP contribution in [0, 0.1) is 5.82 Å².